The molecule has 2 aliphatic heterocycles. The third-order valence-corrected chi connectivity index (χ3v) is 15.2. The summed E-state index contributed by atoms with van der Waals surface area (Å²) in [6.07, 6.45) is 18.0. The predicted octanol–water partition coefficient (Wildman–Crippen LogP) is 15.5. The standard InChI is InChI=1S/C64H44N6/c1-7-29-55-45(21-1)46-22-2-8-30-56(46)67(55)43-19-13-17-41(39-43)53-27-15-35-61(65-53)69-59-33-11-5-25-49(59)51-37-38-52-50-26-6-12-34-60(50)70(64(52)63(51)69)62-36-16-28-54(66-62)42-18-14-20-44(40-42)68-57-31-9-3-23-47(57)48-24-4-10-32-58(48)68/h1-40,45,47,55,57H. The largest absolute Gasteiger partial charge is 0.333 e. The minimum Gasteiger partial charge on any atom is -0.333 e. The highest BCUT2D eigenvalue weighted by Gasteiger charge is 2.38. The summed E-state index contributed by atoms with van der Waals surface area (Å²) in [5.74, 6) is 2.35. The van der Waals surface area contributed by atoms with E-state index in [-0.39, 0.29) is 12.1 Å². The topological polar surface area (TPSA) is 42.1 Å². The van der Waals surface area contributed by atoms with Gasteiger partial charge in [0.05, 0.1) is 45.5 Å². The van der Waals surface area contributed by atoms with Gasteiger partial charge in [0.2, 0.25) is 0 Å². The minimum absolute atomic E-state index is 0.219. The Bertz CT molecular complexity index is 3820. The molecule has 0 spiro atoms. The molecule has 0 saturated carbocycles. The molecule has 0 amide bonds. The Morgan fingerprint density at radius 3 is 1.27 bits per heavy atom. The Kier molecular flexibility index (Phi) is 8.51. The number of nitrogens with zero attached hydrogens (tertiary/aromatic N) is 6. The van der Waals surface area contributed by atoms with Crippen molar-refractivity contribution in [3.05, 3.63) is 254 Å². The number of hydrogen-bond acceptors (Lipinski definition) is 4. The molecule has 70 heavy (non-hydrogen) atoms. The molecule has 0 radical (unpaired) electrons. The van der Waals surface area contributed by atoms with Crippen LogP contribution in [0, 0.1) is 0 Å². The van der Waals surface area contributed by atoms with E-state index < -0.39 is 0 Å². The van der Waals surface area contributed by atoms with Crippen molar-refractivity contribution in [1.29, 1.82) is 0 Å². The van der Waals surface area contributed by atoms with Gasteiger partial charge < -0.3 is 9.80 Å². The number of allylic oxidation sites excluding steroid dienone is 4. The van der Waals surface area contributed by atoms with Gasteiger partial charge in [-0.2, -0.15) is 0 Å². The van der Waals surface area contributed by atoms with Gasteiger partial charge in [-0.1, -0.05) is 170 Å². The molecule has 6 heteroatoms. The maximum absolute atomic E-state index is 5.56. The first-order valence-corrected chi connectivity index (χ1v) is 24.3. The second-order valence-corrected chi connectivity index (χ2v) is 18.9. The number of fused-ring (bicyclic) bond motifs is 13. The maximum Gasteiger partial charge on any atom is 0.138 e. The Morgan fingerprint density at radius 1 is 0.343 bits per heavy atom. The highest BCUT2D eigenvalue weighted by molar-refractivity contribution is 6.23. The van der Waals surface area contributed by atoms with Gasteiger partial charge in [-0.25, -0.2) is 9.97 Å². The lowest BCUT2D eigenvalue weighted by Gasteiger charge is -2.29. The third kappa shape index (κ3) is 5.74. The monoisotopic (exact) mass is 896 g/mol. The second kappa shape index (κ2) is 15.3. The molecule has 4 unspecified atom stereocenters. The molecular formula is C64H44N6. The summed E-state index contributed by atoms with van der Waals surface area (Å²) in [6.45, 7) is 0. The summed E-state index contributed by atoms with van der Waals surface area (Å²) in [7, 11) is 0. The first kappa shape index (κ1) is 39.0. The molecule has 330 valence electrons. The van der Waals surface area contributed by atoms with E-state index in [1.165, 1.54) is 33.3 Å². The van der Waals surface area contributed by atoms with Crippen molar-refractivity contribution in [1.82, 2.24) is 19.1 Å². The normalized spacial score (nSPS) is 18.6. The van der Waals surface area contributed by atoms with Crippen LogP contribution in [0.4, 0.5) is 22.7 Å². The first-order valence-electron chi connectivity index (χ1n) is 24.3. The zero-order valence-corrected chi connectivity index (χ0v) is 38.1. The van der Waals surface area contributed by atoms with Crippen LogP contribution in [0.1, 0.15) is 23.0 Å². The van der Waals surface area contributed by atoms with Gasteiger partial charge in [0.15, 0.2) is 0 Å². The van der Waals surface area contributed by atoms with Crippen LogP contribution in [-0.2, 0) is 0 Å². The molecule has 11 aromatic rings. The van der Waals surface area contributed by atoms with Crippen molar-refractivity contribution < 1.29 is 0 Å². The lowest BCUT2D eigenvalue weighted by atomic mass is 9.91. The quantitative estimate of drug-likeness (QED) is 0.167. The van der Waals surface area contributed by atoms with Crippen LogP contribution in [-0.4, -0.2) is 31.2 Å². The van der Waals surface area contributed by atoms with Crippen molar-refractivity contribution in [3.8, 4) is 34.2 Å². The average Bonchev–Trinajstić information content (AvgIpc) is 4.16. The molecule has 4 aliphatic rings. The first-order chi connectivity index (χ1) is 34.7. The molecule has 15 rings (SSSR count). The lowest BCUT2D eigenvalue weighted by Crippen LogP contribution is -2.28. The molecule has 0 fully saturated rings. The van der Waals surface area contributed by atoms with Gasteiger partial charge in [0.1, 0.15) is 11.6 Å². The zero-order chi connectivity index (χ0) is 45.9. The molecule has 7 aromatic carbocycles. The highest BCUT2D eigenvalue weighted by atomic mass is 15.2. The second-order valence-electron chi connectivity index (χ2n) is 18.9. The fourth-order valence-corrected chi connectivity index (χ4v) is 12.2. The van der Waals surface area contributed by atoms with Crippen molar-refractivity contribution in [2.75, 3.05) is 9.80 Å². The minimum atomic E-state index is 0.219. The van der Waals surface area contributed by atoms with Gasteiger partial charge in [0.25, 0.3) is 0 Å². The summed E-state index contributed by atoms with van der Waals surface area (Å²) >= 11 is 0. The van der Waals surface area contributed by atoms with Crippen LogP contribution in [0.25, 0.3) is 77.8 Å². The average molecular weight is 897 g/mol. The number of pyridine rings is 2. The molecule has 4 aromatic heterocycles. The van der Waals surface area contributed by atoms with Crippen LogP contribution in [0.5, 0.6) is 0 Å². The summed E-state index contributed by atoms with van der Waals surface area (Å²) in [5, 5.41) is 4.68. The van der Waals surface area contributed by atoms with Crippen molar-refractivity contribution in [2.24, 2.45) is 0 Å². The van der Waals surface area contributed by atoms with E-state index >= 15 is 0 Å². The van der Waals surface area contributed by atoms with Crippen molar-refractivity contribution in [3.63, 3.8) is 0 Å². The van der Waals surface area contributed by atoms with Crippen LogP contribution in [0.3, 0.4) is 0 Å². The molecule has 6 nitrogen and oxygen atoms in total. The van der Waals surface area contributed by atoms with Gasteiger partial charge in [-0.15, -0.1) is 0 Å². The van der Waals surface area contributed by atoms with E-state index in [9.17, 15) is 0 Å². The summed E-state index contributed by atoms with van der Waals surface area (Å²) in [6, 6.07) is 70.8. The van der Waals surface area contributed by atoms with E-state index in [1.807, 2.05) is 0 Å². The Hall–Kier alpha value is -9.00. The maximum atomic E-state index is 5.56. The number of anilines is 4. The number of aromatic nitrogens is 4. The molecule has 4 atom stereocenters. The number of benzene rings is 7. The molecule has 2 aliphatic carbocycles. The van der Waals surface area contributed by atoms with Crippen LogP contribution in [0.15, 0.2) is 243 Å². The zero-order valence-electron chi connectivity index (χ0n) is 38.1. The third-order valence-electron chi connectivity index (χ3n) is 15.2. The van der Waals surface area contributed by atoms with E-state index in [4.69, 9.17) is 9.97 Å². The fraction of sp³-hybridized carbons (Fsp3) is 0.0625. The van der Waals surface area contributed by atoms with Gasteiger partial charge >= 0.3 is 0 Å². The molecule has 0 bridgehead atoms. The Balaban J connectivity index is 0.887. The predicted molar refractivity (Wildman–Crippen MR) is 288 cm³/mol. The number of rotatable bonds is 6. The molecular weight excluding hydrogens is 853 g/mol. The highest BCUT2D eigenvalue weighted by Crippen LogP contribution is 2.50. The summed E-state index contributed by atoms with van der Waals surface area (Å²) < 4.78 is 4.75. The van der Waals surface area contributed by atoms with Crippen LogP contribution >= 0.6 is 0 Å². The number of para-hydroxylation sites is 4. The van der Waals surface area contributed by atoms with Gasteiger partial charge in [-0.05, 0) is 83.9 Å². The number of hydrogen-bond donors (Lipinski definition) is 0. The SMILES string of the molecule is C1=CC2c3ccccc3N(c3cccc(-c4cccc(-n5c6ccccc6c6ccc7c8ccccc8n(-c8cccc(-c9cccc(N%10c%11ccccc%11C%11C=CC=CC%11%10)c9)n8)c7c65)n4)c3)C2C=C1. The molecule has 0 N–H and O–H groups in total. The van der Waals surface area contributed by atoms with Crippen molar-refractivity contribution >= 4 is 66.4 Å². The Labute approximate surface area is 405 Å². The van der Waals surface area contributed by atoms with E-state index in [0.29, 0.717) is 11.8 Å². The smallest absolute Gasteiger partial charge is 0.138 e. The van der Waals surface area contributed by atoms with E-state index in [0.717, 1.165) is 78.4 Å². The Morgan fingerprint density at radius 2 is 0.771 bits per heavy atom. The lowest BCUT2D eigenvalue weighted by molar-refractivity contribution is 0.745. The van der Waals surface area contributed by atoms with Crippen LogP contribution < -0.4 is 9.80 Å². The summed E-state index contributed by atoms with van der Waals surface area (Å²) in [4.78, 5) is 16.1. The molecule has 6 heterocycles. The van der Waals surface area contributed by atoms with Gasteiger partial charge in [0, 0.05) is 67.3 Å². The van der Waals surface area contributed by atoms with E-state index in [2.05, 4.69) is 262 Å². The fourth-order valence-electron chi connectivity index (χ4n) is 12.2. The van der Waals surface area contributed by atoms with Gasteiger partial charge in [-0.3, -0.25) is 9.13 Å². The van der Waals surface area contributed by atoms with E-state index in [1.54, 1.807) is 0 Å². The van der Waals surface area contributed by atoms with Crippen molar-refractivity contribution in [2.45, 2.75) is 23.9 Å². The molecule has 0 saturated heterocycles. The summed E-state index contributed by atoms with van der Waals surface area (Å²) in [5.41, 5.74) is 15.9. The van der Waals surface area contributed by atoms with Crippen LogP contribution in [0.2, 0.25) is 0 Å².